The topological polar surface area (TPSA) is 40.5 Å². The van der Waals surface area contributed by atoms with E-state index in [0.29, 0.717) is 13.1 Å². The minimum Gasteiger partial charge on any atom is -0.396 e. The van der Waals surface area contributed by atoms with E-state index in [1.165, 1.54) is 0 Å². The smallest absolute Gasteiger partial charge is 0.255 e. The van der Waals surface area contributed by atoms with Crippen LogP contribution in [0.3, 0.4) is 0 Å². The van der Waals surface area contributed by atoms with E-state index in [0.717, 1.165) is 16.3 Å². The van der Waals surface area contributed by atoms with Crippen molar-refractivity contribution in [1.29, 1.82) is 0 Å². The third kappa shape index (κ3) is 3.06. The van der Waals surface area contributed by atoms with Crippen molar-refractivity contribution in [3.8, 4) is 0 Å². The van der Waals surface area contributed by atoms with Gasteiger partial charge in [0, 0.05) is 36.3 Å². The number of hydrogen-bond donors (Lipinski definition) is 1. The lowest BCUT2D eigenvalue weighted by Gasteiger charge is -2.38. The van der Waals surface area contributed by atoms with E-state index in [1.807, 2.05) is 6.07 Å². The Labute approximate surface area is 141 Å². The summed E-state index contributed by atoms with van der Waals surface area (Å²) in [7, 11) is 0. The summed E-state index contributed by atoms with van der Waals surface area (Å²) in [5.41, 5.74) is 0.776. The first-order chi connectivity index (χ1) is 8.02. The van der Waals surface area contributed by atoms with Crippen molar-refractivity contribution in [2.24, 2.45) is 5.92 Å². The number of amides is 1. The Morgan fingerprint density at radius 3 is 2.59 bits per heavy atom. The molecule has 92 valence electrons. The number of aliphatic hydroxyl groups excluding tert-OH is 1. The summed E-state index contributed by atoms with van der Waals surface area (Å²) in [6.45, 7) is 1.52. The maximum Gasteiger partial charge on any atom is 0.255 e. The van der Waals surface area contributed by atoms with Crippen LogP contribution in [-0.2, 0) is 0 Å². The number of halogens is 3. The van der Waals surface area contributed by atoms with Gasteiger partial charge in [-0.25, -0.2) is 0 Å². The molecule has 1 amide bonds. The number of rotatable bonds is 2. The molecule has 1 aliphatic heterocycles. The highest BCUT2D eigenvalue weighted by Gasteiger charge is 2.31. The van der Waals surface area contributed by atoms with Crippen molar-refractivity contribution in [1.82, 2.24) is 4.90 Å². The summed E-state index contributed by atoms with van der Waals surface area (Å²) in [6.07, 6.45) is 0. The molecule has 6 heteroatoms. The molecule has 2 rings (SSSR count). The Morgan fingerprint density at radius 2 is 2.00 bits per heavy atom. The van der Waals surface area contributed by atoms with Crippen LogP contribution in [-0.4, -0.2) is 35.6 Å². The van der Waals surface area contributed by atoms with Gasteiger partial charge in [0.25, 0.3) is 5.91 Å². The van der Waals surface area contributed by atoms with Crippen molar-refractivity contribution in [3.05, 3.63) is 28.4 Å². The number of hydrogen-bond acceptors (Lipinski definition) is 2. The predicted octanol–water partition coefficient (Wildman–Crippen LogP) is 2.56. The van der Waals surface area contributed by atoms with Crippen LogP contribution in [0.2, 0.25) is 0 Å². The van der Waals surface area contributed by atoms with Crippen LogP contribution in [0.4, 0.5) is 0 Å². The lowest BCUT2D eigenvalue weighted by Crippen LogP contribution is -2.51. The van der Waals surface area contributed by atoms with Crippen molar-refractivity contribution >= 4 is 73.7 Å². The molecule has 0 radical (unpaired) electrons. The standard InChI is InChI=1S/C11H10I3NO2/c12-7-1-8(10(14)9(13)2-7)11(17)15-3-6(4-15)5-16/h1-2,6,16H,3-5H2. The summed E-state index contributed by atoms with van der Waals surface area (Å²) in [5, 5.41) is 8.96. The average molecular weight is 569 g/mol. The highest BCUT2D eigenvalue weighted by atomic mass is 127. The molecule has 0 atom stereocenters. The van der Waals surface area contributed by atoms with Crippen LogP contribution in [0.1, 0.15) is 10.4 Å². The SMILES string of the molecule is O=C(c1cc(I)cc(I)c1I)N1CC(CO)C1. The summed E-state index contributed by atoms with van der Waals surface area (Å²) in [6, 6.07) is 3.99. The first-order valence-corrected chi connectivity index (χ1v) is 8.31. The third-order valence-corrected chi connectivity index (χ3v) is 6.39. The van der Waals surface area contributed by atoms with Gasteiger partial charge < -0.3 is 10.0 Å². The molecule has 1 aromatic carbocycles. The van der Waals surface area contributed by atoms with E-state index in [4.69, 9.17) is 5.11 Å². The van der Waals surface area contributed by atoms with Crippen LogP contribution in [0.25, 0.3) is 0 Å². The van der Waals surface area contributed by atoms with Gasteiger partial charge >= 0.3 is 0 Å². The highest BCUT2D eigenvalue weighted by molar-refractivity contribution is 14.1. The normalized spacial score (nSPS) is 15.9. The second-order valence-electron chi connectivity index (χ2n) is 4.01. The molecule has 1 heterocycles. The van der Waals surface area contributed by atoms with E-state index < -0.39 is 0 Å². The van der Waals surface area contributed by atoms with Gasteiger partial charge in [0.05, 0.1) is 5.56 Å². The predicted molar refractivity (Wildman–Crippen MR) is 91.1 cm³/mol. The summed E-state index contributed by atoms with van der Waals surface area (Å²) < 4.78 is 3.20. The van der Waals surface area contributed by atoms with Gasteiger partial charge in [0.2, 0.25) is 0 Å². The van der Waals surface area contributed by atoms with Gasteiger partial charge in [0.1, 0.15) is 0 Å². The zero-order valence-electron chi connectivity index (χ0n) is 8.79. The molecule has 1 N–H and O–H groups in total. The molecule has 1 saturated heterocycles. The molecule has 0 spiro atoms. The molecule has 0 bridgehead atoms. The lowest BCUT2D eigenvalue weighted by molar-refractivity contribution is 0.0361. The monoisotopic (exact) mass is 569 g/mol. The van der Waals surface area contributed by atoms with Gasteiger partial charge in [0.15, 0.2) is 0 Å². The van der Waals surface area contributed by atoms with E-state index >= 15 is 0 Å². The minimum atomic E-state index is 0.0792. The fourth-order valence-electron chi connectivity index (χ4n) is 1.73. The van der Waals surface area contributed by atoms with Crippen LogP contribution in [0, 0.1) is 16.6 Å². The van der Waals surface area contributed by atoms with Gasteiger partial charge in [-0.05, 0) is 79.9 Å². The number of likely N-dealkylation sites (tertiary alicyclic amines) is 1. The van der Waals surface area contributed by atoms with E-state index in [2.05, 4.69) is 73.8 Å². The Balaban J connectivity index is 2.20. The van der Waals surface area contributed by atoms with E-state index in [9.17, 15) is 4.79 Å². The molecule has 1 fully saturated rings. The van der Waals surface area contributed by atoms with Crippen molar-refractivity contribution in [2.75, 3.05) is 19.7 Å². The molecule has 3 nitrogen and oxygen atoms in total. The van der Waals surface area contributed by atoms with Crippen LogP contribution >= 0.6 is 67.8 Å². The Bertz CT molecular complexity index is 458. The number of carbonyl (C=O) groups excluding carboxylic acids is 1. The number of benzene rings is 1. The summed E-state index contributed by atoms with van der Waals surface area (Å²) in [5.74, 6) is 0.342. The molecule has 0 unspecified atom stereocenters. The van der Waals surface area contributed by atoms with Crippen LogP contribution < -0.4 is 0 Å². The molecular weight excluding hydrogens is 559 g/mol. The Kier molecular flexibility index (Phi) is 4.92. The Hall–Kier alpha value is 0.840. The molecule has 0 saturated carbocycles. The van der Waals surface area contributed by atoms with E-state index in [-0.39, 0.29) is 18.4 Å². The second kappa shape index (κ2) is 5.87. The molecule has 0 aromatic heterocycles. The molecule has 1 aliphatic rings. The maximum atomic E-state index is 12.2. The zero-order valence-corrected chi connectivity index (χ0v) is 15.3. The van der Waals surface area contributed by atoms with Crippen molar-refractivity contribution in [2.45, 2.75) is 0 Å². The lowest BCUT2D eigenvalue weighted by atomic mass is 10.00. The molecule has 1 aromatic rings. The zero-order chi connectivity index (χ0) is 12.6. The Morgan fingerprint density at radius 1 is 1.35 bits per heavy atom. The van der Waals surface area contributed by atoms with Gasteiger partial charge in [-0.15, -0.1) is 0 Å². The largest absolute Gasteiger partial charge is 0.396 e. The number of nitrogens with zero attached hydrogens (tertiary/aromatic N) is 1. The van der Waals surface area contributed by atoms with Crippen molar-refractivity contribution < 1.29 is 9.90 Å². The van der Waals surface area contributed by atoms with E-state index in [1.54, 1.807) is 4.90 Å². The number of carbonyl (C=O) groups is 1. The molecular formula is C11H10I3NO2. The first-order valence-electron chi connectivity index (χ1n) is 5.07. The third-order valence-electron chi connectivity index (χ3n) is 2.73. The maximum absolute atomic E-state index is 12.2. The molecule has 17 heavy (non-hydrogen) atoms. The fourth-order valence-corrected chi connectivity index (χ4v) is 4.12. The summed E-state index contributed by atoms with van der Waals surface area (Å²) in [4.78, 5) is 14.0. The van der Waals surface area contributed by atoms with Gasteiger partial charge in [-0.1, -0.05) is 0 Å². The molecule has 0 aliphatic carbocycles. The van der Waals surface area contributed by atoms with Gasteiger partial charge in [-0.2, -0.15) is 0 Å². The van der Waals surface area contributed by atoms with Gasteiger partial charge in [-0.3, -0.25) is 4.79 Å². The summed E-state index contributed by atoms with van der Waals surface area (Å²) >= 11 is 6.70. The first kappa shape index (κ1) is 14.3. The average Bonchev–Trinajstić information content (AvgIpc) is 2.21. The fraction of sp³-hybridized carbons (Fsp3) is 0.364. The minimum absolute atomic E-state index is 0.0792. The van der Waals surface area contributed by atoms with Crippen molar-refractivity contribution in [3.63, 3.8) is 0 Å². The quantitative estimate of drug-likeness (QED) is 0.440. The van der Waals surface area contributed by atoms with Crippen LogP contribution in [0.5, 0.6) is 0 Å². The highest BCUT2D eigenvalue weighted by Crippen LogP contribution is 2.26. The second-order valence-corrected chi connectivity index (χ2v) is 7.49. The number of aliphatic hydroxyl groups is 1. The van der Waals surface area contributed by atoms with Crippen LogP contribution in [0.15, 0.2) is 12.1 Å².